The molecule has 1 aromatic carbocycles. The Labute approximate surface area is 118 Å². The standard InChI is InChI=1S/C13H9ClN2S2/c14-10-6-11-12(15-7-10)16-13(18-11)17-8-9-4-2-1-3-5-9/h1-7H,8H2. The summed E-state index contributed by atoms with van der Waals surface area (Å²) in [5, 5.41) is 0.658. The van der Waals surface area contributed by atoms with Gasteiger partial charge in [-0.3, -0.25) is 0 Å². The molecule has 0 spiro atoms. The number of fused-ring (bicyclic) bond motifs is 1. The van der Waals surface area contributed by atoms with Crippen molar-refractivity contribution in [1.29, 1.82) is 0 Å². The minimum Gasteiger partial charge on any atom is -0.234 e. The Morgan fingerprint density at radius 3 is 2.89 bits per heavy atom. The molecule has 90 valence electrons. The summed E-state index contributed by atoms with van der Waals surface area (Å²) in [6, 6.07) is 12.3. The highest BCUT2D eigenvalue weighted by Crippen LogP contribution is 2.31. The van der Waals surface area contributed by atoms with Crippen LogP contribution in [-0.4, -0.2) is 9.97 Å². The van der Waals surface area contributed by atoms with Gasteiger partial charge in [-0.1, -0.05) is 53.7 Å². The zero-order chi connectivity index (χ0) is 12.4. The molecule has 0 radical (unpaired) electrons. The van der Waals surface area contributed by atoms with Crippen molar-refractivity contribution in [3.8, 4) is 0 Å². The van der Waals surface area contributed by atoms with Crippen LogP contribution in [0.3, 0.4) is 0 Å². The Balaban J connectivity index is 1.79. The highest BCUT2D eigenvalue weighted by molar-refractivity contribution is 8.00. The lowest BCUT2D eigenvalue weighted by molar-refractivity contribution is 1.23. The number of thiazole rings is 1. The minimum atomic E-state index is 0.658. The van der Waals surface area contributed by atoms with Gasteiger partial charge in [0.15, 0.2) is 9.99 Å². The smallest absolute Gasteiger partial charge is 0.171 e. The van der Waals surface area contributed by atoms with E-state index in [0.717, 1.165) is 20.4 Å². The largest absolute Gasteiger partial charge is 0.234 e. The van der Waals surface area contributed by atoms with Crippen molar-refractivity contribution in [3.05, 3.63) is 53.2 Å². The first kappa shape index (κ1) is 12.0. The van der Waals surface area contributed by atoms with Crippen LogP contribution in [0.15, 0.2) is 46.9 Å². The summed E-state index contributed by atoms with van der Waals surface area (Å²) in [5.74, 6) is 0.925. The van der Waals surface area contributed by atoms with E-state index in [1.54, 1.807) is 29.3 Å². The fourth-order valence-electron chi connectivity index (χ4n) is 1.56. The van der Waals surface area contributed by atoms with Crippen molar-refractivity contribution in [3.63, 3.8) is 0 Å². The number of aromatic nitrogens is 2. The molecule has 0 amide bonds. The molecule has 18 heavy (non-hydrogen) atoms. The molecule has 0 atom stereocenters. The first-order chi connectivity index (χ1) is 8.81. The van der Waals surface area contributed by atoms with E-state index in [1.165, 1.54) is 5.56 Å². The van der Waals surface area contributed by atoms with E-state index >= 15 is 0 Å². The van der Waals surface area contributed by atoms with Gasteiger partial charge in [-0.15, -0.1) is 11.3 Å². The first-order valence-corrected chi connectivity index (χ1v) is 7.58. The minimum absolute atomic E-state index is 0.658. The monoisotopic (exact) mass is 292 g/mol. The quantitative estimate of drug-likeness (QED) is 0.658. The average Bonchev–Trinajstić information content (AvgIpc) is 2.79. The third-order valence-corrected chi connectivity index (χ3v) is 4.81. The van der Waals surface area contributed by atoms with Gasteiger partial charge in [-0.05, 0) is 11.6 Å². The molecule has 0 bridgehead atoms. The maximum Gasteiger partial charge on any atom is 0.171 e. The fraction of sp³-hybridized carbons (Fsp3) is 0.0769. The highest BCUT2D eigenvalue weighted by atomic mass is 35.5. The van der Waals surface area contributed by atoms with Crippen molar-refractivity contribution in [2.45, 2.75) is 10.1 Å². The zero-order valence-electron chi connectivity index (χ0n) is 9.34. The van der Waals surface area contributed by atoms with Crippen molar-refractivity contribution < 1.29 is 0 Å². The number of benzene rings is 1. The molecule has 0 saturated carbocycles. The van der Waals surface area contributed by atoms with Crippen LogP contribution in [-0.2, 0) is 5.75 Å². The van der Waals surface area contributed by atoms with Gasteiger partial charge < -0.3 is 0 Å². The predicted molar refractivity (Wildman–Crippen MR) is 78.4 cm³/mol. The highest BCUT2D eigenvalue weighted by Gasteiger charge is 2.06. The lowest BCUT2D eigenvalue weighted by atomic mass is 10.2. The maximum atomic E-state index is 5.91. The van der Waals surface area contributed by atoms with Gasteiger partial charge >= 0.3 is 0 Å². The molecule has 0 aliphatic carbocycles. The van der Waals surface area contributed by atoms with Crippen LogP contribution in [0.4, 0.5) is 0 Å². The Kier molecular flexibility index (Phi) is 3.50. The summed E-state index contributed by atoms with van der Waals surface area (Å²) < 4.78 is 2.07. The van der Waals surface area contributed by atoms with Crippen molar-refractivity contribution in [2.24, 2.45) is 0 Å². The van der Waals surface area contributed by atoms with Crippen LogP contribution in [0.25, 0.3) is 10.3 Å². The van der Waals surface area contributed by atoms with Gasteiger partial charge in [-0.25, -0.2) is 9.97 Å². The summed E-state index contributed by atoms with van der Waals surface area (Å²) in [6.45, 7) is 0. The molecule has 0 N–H and O–H groups in total. The molecule has 3 rings (SSSR count). The second kappa shape index (κ2) is 5.26. The number of pyridine rings is 1. The van der Waals surface area contributed by atoms with Gasteiger partial charge in [0.25, 0.3) is 0 Å². The van der Waals surface area contributed by atoms with Crippen molar-refractivity contribution >= 4 is 45.0 Å². The third kappa shape index (κ3) is 2.66. The van der Waals surface area contributed by atoms with Crippen LogP contribution < -0.4 is 0 Å². The SMILES string of the molecule is Clc1cnc2nc(SCc3ccccc3)sc2c1. The molecule has 2 aromatic heterocycles. The molecule has 0 saturated heterocycles. The Morgan fingerprint density at radius 2 is 2.06 bits per heavy atom. The van der Waals surface area contributed by atoms with Crippen LogP contribution in [0.1, 0.15) is 5.56 Å². The number of rotatable bonds is 3. The molecule has 0 fully saturated rings. The van der Waals surface area contributed by atoms with Crippen molar-refractivity contribution in [1.82, 2.24) is 9.97 Å². The van der Waals surface area contributed by atoms with Crippen LogP contribution in [0.2, 0.25) is 5.02 Å². The van der Waals surface area contributed by atoms with E-state index in [1.807, 2.05) is 12.1 Å². The van der Waals surface area contributed by atoms with E-state index in [2.05, 4.69) is 34.2 Å². The van der Waals surface area contributed by atoms with Gasteiger partial charge in [0.1, 0.15) is 0 Å². The molecular weight excluding hydrogens is 284 g/mol. The number of thioether (sulfide) groups is 1. The second-order valence-electron chi connectivity index (χ2n) is 3.73. The summed E-state index contributed by atoms with van der Waals surface area (Å²) in [6.07, 6.45) is 1.63. The van der Waals surface area contributed by atoms with E-state index < -0.39 is 0 Å². The van der Waals surface area contributed by atoms with Gasteiger partial charge in [0.05, 0.1) is 9.72 Å². The Bertz CT molecular complexity index is 667. The van der Waals surface area contributed by atoms with Crippen LogP contribution in [0.5, 0.6) is 0 Å². The van der Waals surface area contributed by atoms with Crippen LogP contribution >= 0.6 is 34.7 Å². The van der Waals surface area contributed by atoms with Gasteiger partial charge in [-0.2, -0.15) is 0 Å². The number of hydrogen-bond acceptors (Lipinski definition) is 4. The van der Waals surface area contributed by atoms with Gasteiger partial charge in [0, 0.05) is 11.9 Å². The maximum absolute atomic E-state index is 5.91. The first-order valence-electron chi connectivity index (χ1n) is 5.40. The lowest BCUT2D eigenvalue weighted by Crippen LogP contribution is -1.79. The normalized spacial score (nSPS) is 10.9. The molecule has 5 heteroatoms. The number of hydrogen-bond donors (Lipinski definition) is 0. The molecule has 2 heterocycles. The third-order valence-electron chi connectivity index (χ3n) is 2.40. The van der Waals surface area contributed by atoms with Gasteiger partial charge in [0.2, 0.25) is 0 Å². The molecule has 2 nitrogen and oxygen atoms in total. The summed E-state index contributed by atoms with van der Waals surface area (Å²) in [4.78, 5) is 8.69. The van der Waals surface area contributed by atoms with E-state index in [-0.39, 0.29) is 0 Å². The molecule has 0 unspecified atom stereocenters. The Morgan fingerprint density at radius 1 is 1.22 bits per heavy atom. The van der Waals surface area contributed by atoms with E-state index in [4.69, 9.17) is 11.6 Å². The van der Waals surface area contributed by atoms with E-state index in [9.17, 15) is 0 Å². The summed E-state index contributed by atoms with van der Waals surface area (Å²) in [5.41, 5.74) is 2.08. The molecule has 0 aliphatic heterocycles. The zero-order valence-corrected chi connectivity index (χ0v) is 11.7. The second-order valence-corrected chi connectivity index (χ2v) is 6.42. The lowest BCUT2D eigenvalue weighted by Gasteiger charge is -1.96. The van der Waals surface area contributed by atoms with Crippen LogP contribution in [0, 0.1) is 0 Å². The topological polar surface area (TPSA) is 25.8 Å². The predicted octanol–water partition coefficient (Wildman–Crippen LogP) is 4.64. The number of nitrogens with zero attached hydrogens (tertiary/aromatic N) is 2. The molecule has 0 aliphatic rings. The van der Waals surface area contributed by atoms with E-state index in [0.29, 0.717) is 5.02 Å². The molecular formula is C13H9ClN2S2. The molecule has 3 aromatic rings. The average molecular weight is 293 g/mol. The summed E-state index contributed by atoms with van der Waals surface area (Å²) in [7, 11) is 0. The number of halogens is 1. The summed E-state index contributed by atoms with van der Waals surface area (Å²) >= 11 is 9.28. The van der Waals surface area contributed by atoms with Crippen molar-refractivity contribution in [2.75, 3.05) is 0 Å². The Hall–Kier alpha value is -1.10. The fourth-order valence-corrected chi connectivity index (χ4v) is 3.79.